The molecule has 1 aliphatic heterocycles. The highest BCUT2D eigenvalue weighted by molar-refractivity contribution is 6.30. The molecule has 1 fully saturated rings. The zero-order chi connectivity index (χ0) is 17.8. The molecule has 3 atom stereocenters. The highest BCUT2D eigenvalue weighted by atomic mass is 35.5. The van der Waals surface area contributed by atoms with Crippen molar-refractivity contribution in [1.29, 1.82) is 0 Å². The molecular formula is C20H18ClN3O2. The molecular weight excluding hydrogens is 350 g/mol. The van der Waals surface area contributed by atoms with Gasteiger partial charge in [0.25, 0.3) is 0 Å². The number of ether oxygens (including phenoxy) is 1. The van der Waals surface area contributed by atoms with E-state index in [0.29, 0.717) is 11.6 Å². The lowest BCUT2D eigenvalue weighted by Crippen LogP contribution is -2.50. The molecule has 2 aliphatic rings. The number of hydrogen-bond donors (Lipinski definition) is 1. The van der Waals surface area contributed by atoms with E-state index in [4.69, 9.17) is 16.3 Å². The first-order chi connectivity index (χ1) is 12.6. The molecule has 6 heteroatoms. The van der Waals surface area contributed by atoms with E-state index in [0.717, 1.165) is 29.5 Å². The summed E-state index contributed by atoms with van der Waals surface area (Å²) in [6.07, 6.45) is 4.57. The molecule has 0 bridgehead atoms. The first-order valence-corrected chi connectivity index (χ1v) is 9.07. The van der Waals surface area contributed by atoms with E-state index in [1.54, 1.807) is 11.0 Å². The summed E-state index contributed by atoms with van der Waals surface area (Å²) in [5, 5.41) is 16.8. The van der Waals surface area contributed by atoms with Gasteiger partial charge in [-0.05, 0) is 41.7 Å². The van der Waals surface area contributed by atoms with Crippen LogP contribution in [0.3, 0.4) is 0 Å². The number of benzene rings is 2. The predicted molar refractivity (Wildman–Crippen MR) is 96.7 cm³/mol. The Morgan fingerprint density at radius 1 is 1.19 bits per heavy atom. The molecule has 0 amide bonds. The van der Waals surface area contributed by atoms with E-state index in [2.05, 4.69) is 16.1 Å². The summed E-state index contributed by atoms with van der Waals surface area (Å²) in [7, 11) is 0. The fourth-order valence-corrected chi connectivity index (χ4v) is 4.45. The van der Waals surface area contributed by atoms with Crippen molar-refractivity contribution in [1.82, 2.24) is 14.8 Å². The molecule has 5 rings (SSSR count). The van der Waals surface area contributed by atoms with Gasteiger partial charge in [-0.3, -0.25) is 0 Å². The summed E-state index contributed by atoms with van der Waals surface area (Å²) in [5.74, 6) is 0. The average molecular weight is 368 g/mol. The van der Waals surface area contributed by atoms with Gasteiger partial charge >= 0.3 is 0 Å². The van der Waals surface area contributed by atoms with E-state index in [-0.39, 0.29) is 6.10 Å². The van der Waals surface area contributed by atoms with Crippen LogP contribution in [-0.2, 0) is 23.3 Å². The van der Waals surface area contributed by atoms with Gasteiger partial charge in [0.05, 0.1) is 6.54 Å². The van der Waals surface area contributed by atoms with E-state index < -0.39 is 11.2 Å². The molecule has 1 aromatic heterocycles. The maximum Gasteiger partial charge on any atom is 0.141 e. The fourth-order valence-electron chi connectivity index (χ4n) is 4.32. The number of epoxide rings is 1. The van der Waals surface area contributed by atoms with Crippen molar-refractivity contribution in [3.63, 3.8) is 0 Å². The van der Waals surface area contributed by atoms with Gasteiger partial charge < -0.3 is 9.84 Å². The quantitative estimate of drug-likeness (QED) is 0.721. The zero-order valence-electron chi connectivity index (χ0n) is 14.0. The molecule has 1 saturated heterocycles. The Morgan fingerprint density at radius 3 is 2.77 bits per heavy atom. The second-order valence-corrected chi connectivity index (χ2v) is 7.49. The van der Waals surface area contributed by atoms with Crippen LogP contribution >= 0.6 is 11.6 Å². The van der Waals surface area contributed by atoms with Gasteiger partial charge in [-0.25, -0.2) is 9.67 Å². The second kappa shape index (κ2) is 5.64. The van der Waals surface area contributed by atoms with E-state index in [1.807, 2.05) is 42.5 Å². The van der Waals surface area contributed by atoms with Crippen molar-refractivity contribution >= 4 is 11.6 Å². The maximum absolute atomic E-state index is 11.9. The van der Waals surface area contributed by atoms with Gasteiger partial charge in [0.15, 0.2) is 0 Å². The highest BCUT2D eigenvalue weighted by Crippen LogP contribution is 2.64. The third kappa shape index (κ3) is 2.24. The first kappa shape index (κ1) is 16.0. The lowest BCUT2D eigenvalue weighted by Gasteiger charge is -2.40. The van der Waals surface area contributed by atoms with Gasteiger partial charge in [0.2, 0.25) is 0 Å². The smallest absolute Gasteiger partial charge is 0.141 e. The summed E-state index contributed by atoms with van der Waals surface area (Å²) in [4.78, 5) is 4.02. The molecule has 2 heterocycles. The minimum atomic E-state index is -1.18. The minimum Gasteiger partial charge on any atom is -0.380 e. The minimum absolute atomic E-state index is 0.165. The Morgan fingerprint density at radius 2 is 2.00 bits per heavy atom. The van der Waals surface area contributed by atoms with Crippen LogP contribution < -0.4 is 0 Å². The molecule has 1 N–H and O–H groups in total. The van der Waals surface area contributed by atoms with Gasteiger partial charge in [0, 0.05) is 5.02 Å². The van der Waals surface area contributed by atoms with Crippen LogP contribution in [0.1, 0.15) is 29.2 Å². The second-order valence-electron chi connectivity index (χ2n) is 7.05. The Kier molecular flexibility index (Phi) is 3.47. The first-order valence-electron chi connectivity index (χ1n) is 8.69. The van der Waals surface area contributed by atoms with Gasteiger partial charge in [0.1, 0.15) is 30.0 Å². The standard InChI is InChI=1S/C20H18ClN3O2/c21-16-7-5-15(6-8-16)18-20(26-18)10-9-14-3-1-2-4-17(14)19(20,25)11-24-13-22-12-23-24/h1-8,12-13,18,25H,9-11H2/t18-,19+,20-/m0/s1. The summed E-state index contributed by atoms with van der Waals surface area (Å²) >= 11 is 6.02. The molecule has 1 aliphatic carbocycles. The number of aromatic nitrogens is 3. The van der Waals surface area contributed by atoms with Crippen LogP contribution in [0.15, 0.2) is 61.2 Å². The van der Waals surface area contributed by atoms with Crippen LogP contribution in [0.2, 0.25) is 5.02 Å². The third-order valence-corrected chi connectivity index (χ3v) is 5.91. The molecule has 132 valence electrons. The van der Waals surface area contributed by atoms with Crippen molar-refractivity contribution < 1.29 is 9.84 Å². The Hall–Kier alpha value is -2.21. The molecule has 26 heavy (non-hydrogen) atoms. The Labute approximate surface area is 156 Å². The lowest BCUT2D eigenvalue weighted by atomic mass is 9.68. The number of aliphatic hydroxyl groups is 1. The summed E-state index contributed by atoms with van der Waals surface area (Å²) in [6.45, 7) is 0.300. The van der Waals surface area contributed by atoms with Crippen LogP contribution in [0.5, 0.6) is 0 Å². The molecule has 2 aromatic carbocycles. The molecule has 0 unspecified atom stereocenters. The lowest BCUT2D eigenvalue weighted by molar-refractivity contribution is -0.0704. The van der Waals surface area contributed by atoms with Crippen molar-refractivity contribution in [2.45, 2.75) is 36.7 Å². The van der Waals surface area contributed by atoms with Crippen LogP contribution in [0.4, 0.5) is 0 Å². The molecule has 1 spiro atoms. The summed E-state index contributed by atoms with van der Waals surface area (Å²) < 4.78 is 7.91. The fraction of sp³-hybridized carbons (Fsp3) is 0.300. The Balaban J connectivity index is 1.60. The number of aryl methyl sites for hydroxylation is 1. The van der Waals surface area contributed by atoms with Crippen molar-refractivity contribution in [3.05, 3.63) is 82.9 Å². The maximum atomic E-state index is 11.9. The van der Waals surface area contributed by atoms with Gasteiger partial charge in [-0.2, -0.15) is 5.10 Å². The van der Waals surface area contributed by atoms with Crippen LogP contribution in [0.25, 0.3) is 0 Å². The number of halogens is 1. The molecule has 5 nitrogen and oxygen atoms in total. The van der Waals surface area contributed by atoms with Crippen LogP contribution in [0, 0.1) is 0 Å². The molecule has 0 saturated carbocycles. The predicted octanol–water partition coefficient (Wildman–Crippen LogP) is 3.28. The van der Waals surface area contributed by atoms with E-state index in [9.17, 15) is 5.11 Å². The summed E-state index contributed by atoms with van der Waals surface area (Å²) in [5.41, 5.74) is 1.26. The van der Waals surface area contributed by atoms with Crippen molar-refractivity contribution in [2.75, 3.05) is 0 Å². The van der Waals surface area contributed by atoms with E-state index in [1.165, 1.54) is 6.33 Å². The normalized spacial score (nSPS) is 29.5. The monoisotopic (exact) mass is 367 g/mol. The van der Waals surface area contributed by atoms with Crippen LogP contribution in [-0.4, -0.2) is 25.5 Å². The van der Waals surface area contributed by atoms with Gasteiger partial charge in [-0.15, -0.1) is 0 Å². The molecule has 0 radical (unpaired) electrons. The largest absolute Gasteiger partial charge is 0.380 e. The van der Waals surface area contributed by atoms with Gasteiger partial charge in [-0.1, -0.05) is 48.0 Å². The average Bonchev–Trinajstić information content (AvgIpc) is 3.17. The third-order valence-electron chi connectivity index (χ3n) is 5.65. The number of fused-ring (bicyclic) bond motifs is 1. The number of rotatable bonds is 3. The number of hydrogen-bond acceptors (Lipinski definition) is 4. The molecule has 3 aromatic rings. The topological polar surface area (TPSA) is 63.5 Å². The highest BCUT2D eigenvalue weighted by Gasteiger charge is 2.71. The summed E-state index contributed by atoms with van der Waals surface area (Å²) in [6, 6.07) is 15.7. The van der Waals surface area contributed by atoms with Crippen molar-refractivity contribution in [2.24, 2.45) is 0 Å². The van der Waals surface area contributed by atoms with E-state index >= 15 is 0 Å². The Bertz CT molecular complexity index is 944. The number of nitrogens with zero attached hydrogens (tertiary/aromatic N) is 3. The SMILES string of the molecule is O[C@]1(Cn2cncn2)c2ccccc2CC[C@@]12O[C@H]2c1ccc(Cl)cc1. The zero-order valence-corrected chi connectivity index (χ0v) is 14.8. The van der Waals surface area contributed by atoms with Crippen molar-refractivity contribution in [3.8, 4) is 0 Å².